The van der Waals surface area contributed by atoms with Crippen molar-refractivity contribution in [2.45, 2.75) is 26.2 Å². The Hall–Kier alpha value is -2.07. The highest BCUT2D eigenvalue weighted by Gasteiger charge is 2.11. The second-order valence-electron chi connectivity index (χ2n) is 4.84. The summed E-state index contributed by atoms with van der Waals surface area (Å²) in [5.74, 6) is -0.0325. The van der Waals surface area contributed by atoms with Gasteiger partial charge in [0.25, 0.3) is 5.91 Å². The minimum atomic E-state index is -0.296. The van der Waals surface area contributed by atoms with Crippen LogP contribution in [0.4, 0.5) is 11.5 Å². The Balaban J connectivity index is 2.07. The van der Waals surface area contributed by atoms with Gasteiger partial charge in [0, 0.05) is 11.9 Å². The van der Waals surface area contributed by atoms with Crippen molar-refractivity contribution in [1.82, 2.24) is 4.98 Å². The monoisotopic (exact) mass is 303 g/mol. The van der Waals surface area contributed by atoms with Gasteiger partial charge in [0.05, 0.1) is 10.6 Å². The third kappa shape index (κ3) is 4.20. The molecule has 0 spiro atoms. The van der Waals surface area contributed by atoms with Crippen LogP contribution in [0.15, 0.2) is 36.5 Å². The lowest BCUT2D eigenvalue weighted by Crippen LogP contribution is -2.13. The molecular weight excluding hydrogens is 286 g/mol. The molecule has 21 heavy (non-hydrogen) atoms. The Kier molecular flexibility index (Phi) is 5.17. The van der Waals surface area contributed by atoms with Crippen LogP contribution in [0.3, 0.4) is 0 Å². The molecule has 2 rings (SSSR count). The summed E-state index contributed by atoms with van der Waals surface area (Å²) in [5, 5.41) is 3.08. The molecule has 1 heterocycles. The molecule has 0 aliphatic carbocycles. The number of hydrogen-bond donors (Lipinski definition) is 2. The van der Waals surface area contributed by atoms with Gasteiger partial charge in [-0.3, -0.25) is 4.79 Å². The van der Waals surface area contributed by atoms with Gasteiger partial charge in [-0.15, -0.1) is 0 Å². The largest absolute Gasteiger partial charge is 0.384 e. The molecule has 4 nitrogen and oxygen atoms in total. The van der Waals surface area contributed by atoms with Crippen LogP contribution in [-0.4, -0.2) is 10.9 Å². The predicted molar refractivity (Wildman–Crippen MR) is 86.7 cm³/mol. The summed E-state index contributed by atoms with van der Waals surface area (Å²) in [6.45, 7) is 2.17. The Bertz CT molecular complexity index is 626. The lowest BCUT2D eigenvalue weighted by molar-refractivity contribution is 0.102. The molecular formula is C16H18ClN3O. The van der Waals surface area contributed by atoms with Gasteiger partial charge in [-0.2, -0.15) is 0 Å². The fraction of sp³-hybridized carbons (Fsp3) is 0.250. The average Bonchev–Trinajstić information content (AvgIpc) is 2.49. The second-order valence-corrected chi connectivity index (χ2v) is 5.25. The topological polar surface area (TPSA) is 68.0 Å². The van der Waals surface area contributed by atoms with Crippen LogP contribution >= 0.6 is 11.6 Å². The number of nitrogen functional groups attached to an aromatic ring is 1. The minimum Gasteiger partial charge on any atom is -0.384 e. The summed E-state index contributed by atoms with van der Waals surface area (Å²) in [7, 11) is 0. The van der Waals surface area contributed by atoms with E-state index < -0.39 is 0 Å². The first kappa shape index (κ1) is 15.3. The van der Waals surface area contributed by atoms with Crippen molar-refractivity contribution in [1.29, 1.82) is 0 Å². The fourth-order valence-corrected chi connectivity index (χ4v) is 2.15. The van der Waals surface area contributed by atoms with Crippen LogP contribution in [-0.2, 0) is 6.42 Å². The highest BCUT2D eigenvalue weighted by Crippen LogP contribution is 2.19. The number of rotatable bonds is 5. The van der Waals surface area contributed by atoms with E-state index in [4.69, 9.17) is 17.3 Å². The Morgan fingerprint density at radius 3 is 2.71 bits per heavy atom. The number of benzene rings is 1. The molecule has 0 saturated heterocycles. The molecule has 2 aromatic rings. The van der Waals surface area contributed by atoms with Crippen molar-refractivity contribution in [3.05, 3.63) is 52.7 Å². The van der Waals surface area contributed by atoms with E-state index in [1.54, 1.807) is 0 Å². The maximum atomic E-state index is 12.2. The van der Waals surface area contributed by atoms with E-state index >= 15 is 0 Å². The number of pyridine rings is 1. The molecule has 0 aliphatic heterocycles. The van der Waals surface area contributed by atoms with Crippen molar-refractivity contribution in [3.8, 4) is 0 Å². The first-order valence-electron chi connectivity index (χ1n) is 6.91. The van der Waals surface area contributed by atoms with Crippen molar-refractivity contribution in [3.63, 3.8) is 0 Å². The summed E-state index contributed by atoms with van der Waals surface area (Å²) >= 11 is 5.96. The highest BCUT2D eigenvalue weighted by atomic mass is 35.5. The summed E-state index contributed by atoms with van der Waals surface area (Å²) in [6.07, 6.45) is 4.76. The van der Waals surface area contributed by atoms with E-state index in [-0.39, 0.29) is 16.7 Å². The molecule has 3 N–H and O–H groups in total. The number of aromatic nitrogens is 1. The molecule has 1 aromatic heterocycles. The molecule has 0 fully saturated rings. The molecule has 1 amide bonds. The van der Waals surface area contributed by atoms with Crippen molar-refractivity contribution >= 4 is 29.0 Å². The number of carbonyl (C=O) groups is 1. The number of nitrogens with two attached hydrogens (primary N) is 1. The van der Waals surface area contributed by atoms with Gasteiger partial charge in [0.15, 0.2) is 0 Å². The zero-order chi connectivity index (χ0) is 15.2. The van der Waals surface area contributed by atoms with E-state index in [0.717, 1.165) is 18.5 Å². The van der Waals surface area contributed by atoms with Crippen LogP contribution in [0.2, 0.25) is 5.02 Å². The number of hydrogen-bond acceptors (Lipinski definition) is 3. The average molecular weight is 304 g/mol. The van der Waals surface area contributed by atoms with Crippen LogP contribution in [0, 0.1) is 0 Å². The minimum absolute atomic E-state index is 0.263. The molecule has 0 radical (unpaired) electrons. The van der Waals surface area contributed by atoms with Gasteiger partial charge in [-0.05, 0) is 36.6 Å². The lowest BCUT2D eigenvalue weighted by Gasteiger charge is -2.08. The molecule has 1 aromatic carbocycles. The number of unbranched alkanes of at least 4 members (excludes halogenated alkanes) is 1. The summed E-state index contributed by atoms with van der Waals surface area (Å²) in [5.41, 5.74) is 7.89. The predicted octanol–water partition coefficient (Wildman–Crippen LogP) is 3.91. The number of carbonyl (C=O) groups excluding carboxylic acids is 1. The number of nitrogens with one attached hydrogen (secondary N) is 1. The SMILES string of the molecule is CCCCc1ccc(NC(=O)c2cc(N)ncc2Cl)cc1. The normalized spacial score (nSPS) is 10.4. The maximum Gasteiger partial charge on any atom is 0.257 e. The number of aryl methyl sites for hydroxylation is 1. The van der Waals surface area contributed by atoms with E-state index in [2.05, 4.69) is 17.2 Å². The van der Waals surface area contributed by atoms with Gasteiger partial charge in [-0.1, -0.05) is 37.1 Å². The Morgan fingerprint density at radius 1 is 1.33 bits per heavy atom. The lowest BCUT2D eigenvalue weighted by atomic mass is 10.1. The first-order chi connectivity index (χ1) is 10.1. The zero-order valence-electron chi connectivity index (χ0n) is 11.9. The Labute approximate surface area is 129 Å². The molecule has 0 unspecified atom stereocenters. The summed E-state index contributed by atoms with van der Waals surface area (Å²) in [4.78, 5) is 16.0. The third-order valence-corrected chi connectivity index (χ3v) is 3.45. The number of halogens is 1. The van der Waals surface area contributed by atoms with E-state index in [0.29, 0.717) is 5.56 Å². The first-order valence-corrected chi connectivity index (χ1v) is 7.29. The van der Waals surface area contributed by atoms with E-state index in [1.165, 1.54) is 24.2 Å². The van der Waals surface area contributed by atoms with Crippen molar-refractivity contribution in [2.24, 2.45) is 0 Å². The molecule has 0 saturated carbocycles. The molecule has 0 aliphatic rings. The van der Waals surface area contributed by atoms with Gasteiger partial charge in [-0.25, -0.2) is 4.98 Å². The highest BCUT2D eigenvalue weighted by molar-refractivity contribution is 6.34. The summed E-state index contributed by atoms with van der Waals surface area (Å²) < 4.78 is 0. The number of amides is 1. The van der Waals surface area contributed by atoms with E-state index in [1.807, 2.05) is 24.3 Å². The van der Waals surface area contributed by atoms with Crippen molar-refractivity contribution in [2.75, 3.05) is 11.1 Å². The van der Waals surface area contributed by atoms with Crippen LogP contribution in [0.1, 0.15) is 35.7 Å². The van der Waals surface area contributed by atoms with Crippen LogP contribution in [0.25, 0.3) is 0 Å². The maximum absolute atomic E-state index is 12.2. The molecule has 110 valence electrons. The smallest absolute Gasteiger partial charge is 0.257 e. The number of nitrogens with zero attached hydrogens (tertiary/aromatic N) is 1. The molecule has 5 heteroatoms. The van der Waals surface area contributed by atoms with Crippen LogP contribution < -0.4 is 11.1 Å². The molecule has 0 atom stereocenters. The van der Waals surface area contributed by atoms with Crippen molar-refractivity contribution < 1.29 is 4.79 Å². The van der Waals surface area contributed by atoms with Gasteiger partial charge < -0.3 is 11.1 Å². The summed E-state index contributed by atoms with van der Waals surface area (Å²) in [6, 6.07) is 9.29. The van der Waals surface area contributed by atoms with Crippen LogP contribution in [0.5, 0.6) is 0 Å². The van der Waals surface area contributed by atoms with E-state index in [9.17, 15) is 4.79 Å². The standard InChI is InChI=1S/C16H18ClN3O/c1-2-3-4-11-5-7-12(8-6-11)20-16(21)13-9-15(18)19-10-14(13)17/h5-10H,2-4H2,1H3,(H2,18,19)(H,20,21). The Morgan fingerprint density at radius 2 is 2.05 bits per heavy atom. The second kappa shape index (κ2) is 7.09. The van der Waals surface area contributed by atoms with Gasteiger partial charge >= 0.3 is 0 Å². The third-order valence-electron chi connectivity index (χ3n) is 3.15. The molecule has 0 bridgehead atoms. The zero-order valence-corrected chi connectivity index (χ0v) is 12.7. The number of anilines is 2. The van der Waals surface area contributed by atoms with Gasteiger partial charge in [0.2, 0.25) is 0 Å². The van der Waals surface area contributed by atoms with Gasteiger partial charge in [0.1, 0.15) is 5.82 Å². The fourth-order valence-electron chi connectivity index (χ4n) is 1.96. The quantitative estimate of drug-likeness (QED) is 0.880.